The maximum Gasteiger partial charge on any atom is 0.407 e. The maximum atomic E-state index is 11.8. The van der Waals surface area contributed by atoms with Crippen LogP contribution in [0.1, 0.15) is 40.2 Å². The molecule has 9 heteroatoms. The highest BCUT2D eigenvalue weighted by molar-refractivity contribution is 7.80. The van der Waals surface area contributed by atoms with Crippen LogP contribution in [0.2, 0.25) is 0 Å². The van der Waals surface area contributed by atoms with Crippen LogP contribution >= 0.6 is 12.2 Å². The van der Waals surface area contributed by atoms with Gasteiger partial charge in [0.25, 0.3) is 0 Å². The molecule has 0 aliphatic heterocycles. The quantitative estimate of drug-likeness (QED) is 0.370. The van der Waals surface area contributed by atoms with Crippen molar-refractivity contribution < 1.29 is 9.53 Å². The Labute approximate surface area is 178 Å². The molecule has 0 unspecified atom stereocenters. The molecule has 1 rings (SSSR count). The van der Waals surface area contributed by atoms with E-state index in [1.54, 1.807) is 29.4 Å². The number of nitrogens with one attached hydrogen (secondary N) is 3. The summed E-state index contributed by atoms with van der Waals surface area (Å²) in [6.45, 7) is 9.49. The fourth-order valence-corrected chi connectivity index (χ4v) is 2.48. The number of carbonyl (C=O) groups excluding carboxylic acids is 1. The van der Waals surface area contributed by atoms with Crippen molar-refractivity contribution in [2.24, 2.45) is 4.99 Å². The molecule has 0 aromatic heterocycles. The van der Waals surface area contributed by atoms with Gasteiger partial charge >= 0.3 is 6.09 Å². The summed E-state index contributed by atoms with van der Waals surface area (Å²) in [5, 5.41) is 18.6. The number of anilines is 1. The van der Waals surface area contributed by atoms with E-state index in [0.717, 1.165) is 0 Å². The second kappa shape index (κ2) is 10.1. The largest absolute Gasteiger partial charge is 0.447 e. The van der Waals surface area contributed by atoms with Gasteiger partial charge in [-0.2, -0.15) is 5.26 Å². The summed E-state index contributed by atoms with van der Waals surface area (Å²) in [4.78, 5) is 17.9. The summed E-state index contributed by atoms with van der Waals surface area (Å²) in [5.74, 6) is 0. The number of amides is 1. The Morgan fingerprint density at radius 2 is 1.93 bits per heavy atom. The van der Waals surface area contributed by atoms with Crippen LogP contribution in [0, 0.1) is 11.3 Å². The monoisotopic (exact) mass is 418 g/mol. The van der Waals surface area contributed by atoms with Gasteiger partial charge in [0.2, 0.25) is 0 Å². The molecule has 1 aromatic rings. The van der Waals surface area contributed by atoms with Gasteiger partial charge in [-0.05, 0) is 65.0 Å². The Kier molecular flexibility index (Phi) is 8.40. The van der Waals surface area contributed by atoms with Crippen LogP contribution in [0.5, 0.6) is 0 Å². The van der Waals surface area contributed by atoms with Gasteiger partial charge in [-0.25, -0.2) is 9.79 Å². The molecule has 158 valence electrons. The van der Waals surface area contributed by atoms with Crippen LogP contribution in [-0.4, -0.2) is 54.2 Å². The number of hydrogen-bond donors (Lipinski definition) is 3. The highest BCUT2D eigenvalue weighted by Crippen LogP contribution is 2.22. The first-order valence-electron chi connectivity index (χ1n) is 9.10. The van der Waals surface area contributed by atoms with Crippen molar-refractivity contribution in [1.29, 1.82) is 5.26 Å². The lowest BCUT2D eigenvalue weighted by Gasteiger charge is -2.28. The zero-order valence-electron chi connectivity index (χ0n) is 18.1. The lowest BCUT2D eigenvalue weighted by atomic mass is 10.1. The van der Waals surface area contributed by atoms with Crippen molar-refractivity contribution in [1.82, 2.24) is 15.5 Å². The van der Waals surface area contributed by atoms with E-state index in [0.29, 0.717) is 22.1 Å². The molecule has 0 heterocycles. The number of nitrogens with zero attached hydrogens (tertiary/aromatic N) is 3. The van der Waals surface area contributed by atoms with E-state index in [-0.39, 0.29) is 12.1 Å². The minimum atomic E-state index is -0.590. The Balaban J connectivity index is 2.69. The average molecular weight is 419 g/mol. The van der Waals surface area contributed by atoms with E-state index in [2.05, 4.69) is 27.0 Å². The number of benzene rings is 1. The number of aliphatic imine (C=N–C) groups is 1. The SMILES string of the molecule is CN(C)C=Nc1ccc(NC(=S)NC(C)(C)COC(=O)NC(C)(C)C)cc1C#N. The minimum absolute atomic E-state index is 0.123. The number of carbonyl (C=O) groups is 1. The first-order valence-corrected chi connectivity index (χ1v) is 9.51. The van der Waals surface area contributed by atoms with Gasteiger partial charge in [-0.15, -0.1) is 0 Å². The first-order chi connectivity index (χ1) is 13.3. The molecule has 29 heavy (non-hydrogen) atoms. The smallest absolute Gasteiger partial charge is 0.407 e. The molecule has 8 nitrogen and oxygen atoms in total. The normalized spacial score (nSPS) is 11.5. The Morgan fingerprint density at radius 1 is 1.28 bits per heavy atom. The molecule has 0 radical (unpaired) electrons. The lowest BCUT2D eigenvalue weighted by Crippen LogP contribution is -2.50. The zero-order chi connectivity index (χ0) is 22.2. The van der Waals surface area contributed by atoms with E-state index in [9.17, 15) is 10.1 Å². The molecule has 0 spiro atoms. The highest BCUT2D eigenvalue weighted by Gasteiger charge is 2.23. The molecule has 0 atom stereocenters. The van der Waals surface area contributed by atoms with Gasteiger partial charge in [0.1, 0.15) is 12.7 Å². The van der Waals surface area contributed by atoms with E-state index in [4.69, 9.17) is 17.0 Å². The fraction of sp³-hybridized carbons (Fsp3) is 0.500. The number of nitriles is 1. The molecule has 0 bridgehead atoms. The molecule has 0 saturated heterocycles. The van der Waals surface area contributed by atoms with Crippen LogP contribution in [0.4, 0.5) is 16.2 Å². The van der Waals surface area contributed by atoms with E-state index < -0.39 is 11.6 Å². The van der Waals surface area contributed by atoms with Crippen molar-refractivity contribution in [2.75, 3.05) is 26.0 Å². The third kappa shape index (κ3) is 9.76. The standard InChI is InChI=1S/C20H30N6O2S/c1-19(2,3)25-18(27)28-12-20(4,5)24-17(29)23-15-8-9-16(14(10-15)11-21)22-13-26(6)7/h8-10,13H,12H2,1-7H3,(H,25,27)(H2,23,24,29). The summed E-state index contributed by atoms with van der Waals surface area (Å²) in [7, 11) is 3.71. The summed E-state index contributed by atoms with van der Waals surface area (Å²) in [6.07, 6.45) is 1.15. The molecular formula is C20H30N6O2S. The second-order valence-corrected chi connectivity index (χ2v) is 8.87. The van der Waals surface area contributed by atoms with E-state index in [1.807, 2.05) is 48.7 Å². The maximum absolute atomic E-state index is 11.8. The Hall–Kier alpha value is -2.86. The van der Waals surface area contributed by atoms with Crippen LogP contribution in [0.3, 0.4) is 0 Å². The van der Waals surface area contributed by atoms with Crippen molar-refractivity contribution in [3.05, 3.63) is 23.8 Å². The van der Waals surface area contributed by atoms with E-state index in [1.165, 1.54) is 0 Å². The van der Waals surface area contributed by atoms with Crippen molar-refractivity contribution in [2.45, 2.75) is 45.7 Å². The fourth-order valence-electron chi connectivity index (χ4n) is 2.09. The highest BCUT2D eigenvalue weighted by atomic mass is 32.1. The lowest BCUT2D eigenvalue weighted by molar-refractivity contribution is 0.113. The number of alkyl carbamates (subject to hydrolysis) is 1. The summed E-state index contributed by atoms with van der Waals surface area (Å²) in [6, 6.07) is 7.34. The van der Waals surface area contributed by atoms with Gasteiger partial charge in [0, 0.05) is 25.3 Å². The summed E-state index contributed by atoms with van der Waals surface area (Å²) in [5.41, 5.74) is 0.701. The Morgan fingerprint density at radius 3 is 2.48 bits per heavy atom. The van der Waals surface area contributed by atoms with Gasteiger partial charge in [0.15, 0.2) is 5.11 Å². The molecule has 0 fully saturated rings. The van der Waals surface area contributed by atoms with Crippen molar-refractivity contribution in [3.8, 4) is 6.07 Å². The number of ether oxygens (including phenoxy) is 1. The molecular weight excluding hydrogens is 388 g/mol. The van der Waals surface area contributed by atoms with Gasteiger partial charge in [-0.3, -0.25) is 0 Å². The number of rotatable bonds is 6. The average Bonchev–Trinajstić information content (AvgIpc) is 2.56. The van der Waals surface area contributed by atoms with Crippen molar-refractivity contribution in [3.63, 3.8) is 0 Å². The third-order valence-corrected chi connectivity index (χ3v) is 3.50. The predicted octanol–water partition coefficient (Wildman–Crippen LogP) is 3.37. The van der Waals surface area contributed by atoms with Crippen LogP contribution < -0.4 is 16.0 Å². The third-order valence-electron chi connectivity index (χ3n) is 3.30. The summed E-state index contributed by atoms with van der Waals surface area (Å²) < 4.78 is 5.27. The molecule has 3 N–H and O–H groups in total. The summed E-state index contributed by atoms with van der Waals surface area (Å²) >= 11 is 5.35. The van der Waals surface area contributed by atoms with E-state index >= 15 is 0 Å². The molecule has 0 saturated carbocycles. The Bertz CT molecular complexity index is 806. The van der Waals surface area contributed by atoms with Crippen molar-refractivity contribution >= 4 is 41.1 Å². The molecule has 0 aliphatic carbocycles. The first kappa shape index (κ1) is 24.2. The van der Waals surface area contributed by atoms with Gasteiger partial charge < -0.3 is 25.6 Å². The molecule has 1 aromatic carbocycles. The van der Waals surface area contributed by atoms with Crippen LogP contribution in [-0.2, 0) is 4.74 Å². The minimum Gasteiger partial charge on any atom is -0.447 e. The number of thiocarbonyl (C=S) groups is 1. The van der Waals surface area contributed by atoms with Gasteiger partial charge in [-0.1, -0.05) is 0 Å². The predicted molar refractivity (Wildman–Crippen MR) is 121 cm³/mol. The van der Waals surface area contributed by atoms with Crippen LogP contribution in [0.15, 0.2) is 23.2 Å². The van der Waals surface area contributed by atoms with Gasteiger partial charge in [0.05, 0.1) is 23.1 Å². The number of hydrogen-bond acceptors (Lipinski definition) is 5. The topological polar surface area (TPSA) is 102 Å². The van der Waals surface area contributed by atoms with Crippen LogP contribution in [0.25, 0.3) is 0 Å². The second-order valence-electron chi connectivity index (χ2n) is 8.47. The molecule has 1 amide bonds. The molecule has 0 aliphatic rings. The zero-order valence-corrected chi connectivity index (χ0v) is 18.9.